The summed E-state index contributed by atoms with van der Waals surface area (Å²) in [4.78, 5) is 13.5. The lowest BCUT2D eigenvalue weighted by Crippen LogP contribution is -2.28. The van der Waals surface area contributed by atoms with Gasteiger partial charge < -0.3 is 10.6 Å². The van der Waals surface area contributed by atoms with Gasteiger partial charge in [-0.05, 0) is 42.5 Å². The van der Waals surface area contributed by atoms with Crippen LogP contribution in [0.2, 0.25) is 5.02 Å². The number of anilines is 1. The van der Waals surface area contributed by atoms with Crippen LogP contribution in [0.15, 0.2) is 46.1 Å². The van der Waals surface area contributed by atoms with Gasteiger partial charge in [-0.1, -0.05) is 52.9 Å². The number of amides is 1. The average Bonchev–Trinajstić information content (AvgIpc) is 3.32. The fourth-order valence-corrected chi connectivity index (χ4v) is 4.85. The molecule has 0 bridgehead atoms. The van der Waals surface area contributed by atoms with Crippen LogP contribution in [-0.4, -0.2) is 28.4 Å². The van der Waals surface area contributed by atoms with Gasteiger partial charge in [0.15, 0.2) is 4.34 Å². The Hall–Kier alpha value is -1.61. The summed E-state index contributed by atoms with van der Waals surface area (Å²) in [6.45, 7) is 2.76. The van der Waals surface area contributed by atoms with Crippen molar-refractivity contribution in [2.45, 2.75) is 23.7 Å². The molecule has 1 amide bonds. The Balaban J connectivity index is 1.40. The van der Waals surface area contributed by atoms with Crippen LogP contribution < -0.4 is 10.6 Å². The standard InChI is InChI=1S/C18H19ClN4OS3/c1-12(13-4-2-5-14(19)10-13)21-16(24)11-26-18-23-22-17(27-18)20-8-7-15-6-3-9-25-15/h2-6,9-10,12H,7-8,11H2,1H3,(H,20,22)(H,21,24). The number of carbonyl (C=O) groups is 1. The Morgan fingerprint density at radius 1 is 1.30 bits per heavy atom. The minimum Gasteiger partial charge on any atom is -0.360 e. The van der Waals surface area contributed by atoms with Crippen LogP contribution in [0.4, 0.5) is 5.13 Å². The number of aromatic nitrogens is 2. The van der Waals surface area contributed by atoms with E-state index in [0.29, 0.717) is 10.8 Å². The molecule has 2 N–H and O–H groups in total. The van der Waals surface area contributed by atoms with Crippen molar-refractivity contribution in [3.63, 3.8) is 0 Å². The quantitative estimate of drug-likeness (QED) is 0.466. The van der Waals surface area contributed by atoms with Gasteiger partial charge in [0, 0.05) is 16.4 Å². The van der Waals surface area contributed by atoms with Gasteiger partial charge in [-0.3, -0.25) is 4.79 Å². The number of hydrogen-bond acceptors (Lipinski definition) is 7. The zero-order valence-corrected chi connectivity index (χ0v) is 17.9. The first-order valence-electron chi connectivity index (χ1n) is 8.37. The van der Waals surface area contributed by atoms with Crippen LogP contribution >= 0.6 is 46.0 Å². The zero-order chi connectivity index (χ0) is 19.1. The maximum atomic E-state index is 12.2. The molecule has 27 heavy (non-hydrogen) atoms. The zero-order valence-electron chi connectivity index (χ0n) is 14.6. The van der Waals surface area contributed by atoms with Crippen molar-refractivity contribution in [1.29, 1.82) is 0 Å². The number of carbonyl (C=O) groups excluding carboxylic acids is 1. The van der Waals surface area contributed by atoms with E-state index in [1.807, 2.05) is 31.2 Å². The van der Waals surface area contributed by atoms with E-state index in [1.165, 1.54) is 28.0 Å². The first-order chi connectivity index (χ1) is 13.1. The molecule has 0 saturated carbocycles. The third kappa shape index (κ3) is 6.49. The molecule has 2 heterocycles. The SMILES string of the molecule is CC(NC(=O)CSc1nnc(NCCc2cccs2)s1)c1cccc(Cl)c1. The molecule has 1 unspecified atom stereocenters. The number of rotatable bonds is 9. The molecule has 0 aliphatic heterocycles. The molecule has 142 valence electrons. The Kier molecular flexibility index (Phi) is 7.51. The van der Waals surface area contributed by atoms with E-state index in [0.717, 1.165) is 28.0 Å². The second-order valence-corrected chi connectivity index (χ2v) is 9.43. The van der Waals surface area contributed by atoms with Crippen LogP contribution in [0.1, 0.15) is 23.4 Å². The summed E-state index contributed by atoms with van der Waals surface area (Å²) >= 11 is 10.6. The summed E-state index contributed by atoms with van der Waals surface area (Å²) < 4.78 is 0.777. The summed E-state index contributed by atoms with van der Waals surface area (Å²) in [7, 11) is 0. The number of thioether (sulfide) groups is 1. The predicted molar refractivity (Wildman–Crippen MR) is 115 cm³/mol. The summed E-state index contributed by atoms with van der Waals surface area (Å²) in [6, 6.07) is 11.6. The largest absolute Gasteiger partial charge is 0.360 e. The van der Waals surface area contributed by atoms with E-state index in [-0.39, 0.29) is 11.9 Å². The van der Waals surface area contributed by atoms with Gasteiger partial charge in [-0.25, -0.2) is 0 Å². The molecule has 1 aromatic carbocycles. The molecule has 0 aliphatic rings. The monoisotopic (exact) mass is 438 g/mol. The number of thiophene rings is 1. The van der Waals surface area contributed by atoms with E-state index < -0.39 is 0 Å². The topological polar surface area (TPSA) is 66.9 Å². The summed E-state index contributed by atoms with van der Waals surface area (Å²) in [5.41, 5.74) is 0.981. The highest BCUT2D eigenvalue weighted by molar-refractivity contribution is 8.01. The number of nitrogens with zero attached hydrogens (tertiary/aromatic N) is 2. The minimum atomic E-state index is -0.0966. The van der Waals surface area contributed by atoms with Crippen molar-refractivity contribution in [2.75, 3.05) is 17.6 Å². The Bertz CT molecular complexity index is 869. The average molecular weight is 439 g/mol. The summed E-state index contributed by atoms with van der Waals surface area (Å²) in [5.74, 6) is 0.254. The van der Waals surface area contributed by atoms with Crippen molar-refractivity contribution in [2.24, 2.45) is 0 Å². The van der Waals surface area contributed by atoms with Crippen molar-refractivity contribution in [1.82, 2.24) is 15.5 Å². The molecule has 0 saturated heterocycles. The van der Waals surface area contributed by atoms with E-state index in [9.17, 15) is 4.79 Å². The highest BCUT2D eigenvalue weighted by Gasteiger charge is 2.12. The van der Waals surface area contributed by atoms with E-state index >= 15 is 0 Å². The number of nitrogens with one attached hydrogen (secondary N) is 2. The van der Waals surface area contributed by atoms with Crippen molar-refractivity contribution in [3.8, 4) is 0 Å². The molecule has 5 nitrogen and oxygen atoms in total. The van der Waals surface area contributed by atoms with Crippen LogP contribution in [0.25, 0.3) is 0 Å². The smallest absolute Gasteiger partial charge is 0.230 e. The number of hydrogen-bond donors (Lipinski definition) is 2. The summed E-state index contributed by atoms with van der Waals surface area (Å²) in [6.07, 6.45) is 0.962. The van der Waals surface area contributed by atoms with Crippen LogP contribution in [-0.2, 0) is 11.2 Å². The number of benzene rings is 1. The van der Waals surface area contributed by atoms with Gasteiger partial charge in [0.05, 0.1) is 11.8 Å². The normalized spacial score (nSPS) is 11.9. The summed E-state index contributed by atoms with van der Waals surface area (Å²) in [5, 5.41) is 18.0. The first-order valence-corrected chi connectivity index (χ1v) is 11.4. The number of halogens is 1. The lowest BCUT2D eigenvalue weighted by atomic mass is 10.1. The fourth-order valence-electron chi connectivity index (χ4n) is 2.36. The highest BCUT2D eigenvalue weighted by Crippen LogP contribution is 2.25. The molecule has 1 atom stereocenters. The van der Waals surface area contributed by atoms with Crippen LogP contribution in [0.5, 0.6) is 0 Å². The minimum absolute atomic E-state index is 0.0464. The third-order valence-corrected chi connectivity index (χ3v) is 6.87. The second kappa shape index (κ2) is 10.1. The molecule has 3 aromatic rings. The van der Waals surface area contributed by atoms with Gasteiger partial charge >= 0.3 is 0 Å². The van der Waals surface area contributed by atoms with Gasteiger partial charge in [0.1, 0.15) is 0 Å². The lowest BCUT2D eigenvalue weighted by Gasteiger charge is -2.14. The molecule has 0 aliphatic carbocycles. The second-order valence-electron chi connectivity index (χ2n) is 5.76. The highest BCUT2D eigenvalue weighted by atomic mass is 35.5. The van der Waals surface area contributed by atoms with Gasteiger partial charge in [0.2, 0.25) is 11.0 Å². The molecule has 0 fully saturated rings. The lowest BCUT2D eigenvalue weighted by molar-refractivity contribution is -0.119. The molecule has 9 heteroatoms. The predicted octanol–water partition coefficient (Wildman–Crippen LogP) is 4.88. The van der Waals surface area contributed by atoms with Crippen LogP contribution in [0.3, 0.4) is 0 Å². The Labute approximate surface area is 175 Å². The molecular formula is C18H19ClN4OS3. The molecular weight excluding hydrogens is 420 g/mol. The van der Waals surface area contributed by atoms with Gasteiger partial charge in [-0.2, -0.15) is 0 Å². The Morgan fingerprint density at radius 3 is 2.96 bits per heavy atom. The first kappa shape index (κ1) is 20.1. The maximum absolute atomic E-state index is 12.2. The van der Waals surface area contributed by atoms with Crippen LogP contribution in [0, 0.1) is 0 Å². The molecule has 3 rings (SSSR count). The van der Waals surface area contributed by atoms with E-state index in [2.05, 4.69) is 38.3 Å². The molecule has 0 spiro atoms. The third-order valence-electron chi connectivity index (χ3n) is 3.69. The fraction of sp³-hybridized carbons (Fsp3) is 0.278. The van der Waals surface area contributed by atoms with E-state index in [4.69, 9.17) is 11.6 Å². The van der Waals surface area contributed by atoms with E-state index in [1.54, 1.807) is 11.3 Å². The van der Waals surface area contributed by atoms with Crippen molar-refractivity contribution < 1.29 is 4.79 Å². The molecule has 2 aromatic heterocycles. The van der Waals surface area contributed by atoms with Crippen molar-refractivity contribution >= 4 is 57.1 Å². The maximum Gasteiger partial charge on any atom is 0.230 e. The van der Waals surface area contributed by atoms with Gasteiger partial charge in [-0.15, -0.1) is 21.5 Å². The Morgan fingerprint density at radius 2 is 2.19 bits per heavy atom. The molecule has 0 radical (unpaired) electrons. The van der Waals surface area contributed by atoms with Crippen molar-refractivity contribution in [3.05, 3.63) is 57.2 Å². The van der Waals surface area contributed by atoms with Gasteiger partial charge in [0.25, 0.3) is 0 Å².